The van der Waals surface area contributed by atoms with Gasteiger partial charge in [0.15, 0.2) is 0 Å². The number of hydrogen-bond acceptors (Lipinski definition) is 1. The topological polar surface area (TPSA) is 27.1 Å². The fraction of sp³-hybridized carbons (Fsp3) is 0.417. The molecule has 74 valence electrons. The molecule has 0 aliphatic carbocycles. The van der Waals surface area contributed by atoms with E-state index in [1.54, 1.807) is 0 Å². The van der Waals surface area contributed by atoms with E-state index in [0.29, 0.717) is 0 Å². The summed E-state index contributed by atoms with van der Waals surface area (Å²) in [5.74, 6) is 0.762. The lowest BCUT2D eigenvalue weighted by Crippen LogP contribution is -2.27. The van der Waals surface area contributed by atoms with Crippen LogP contribution in [0.4, 0.5) is 5.69 Å². The van der Waals surface area contributed by atoms with Crippen LogP contribution in [0.1, 0.15) is 25.3 Å². The van der Waals surface area contributed by atoms with Crippen LogP contribution < -0.4 is 4.90 Å². The number of anilines is 1. The van der Waals surface area contributed by atoms with Crippen molar-refractivity contribution in [1.82, 2.24) is 0 Å². The predicted octanol–water partition coefficient (Wildman–Crippen LogP) is 2.83. The Kier molecular flexibility index (Phi) is 2.53. The number of hydrogen-bond donors (Lipinski definition) is 1. The van der Waals surface area contributed by atoms with Crippen LogP contribution in [-0.4, -0.2) is 12.4 Å². The van der Waals surface area contributed by atoms with E-state index in [-0.39, 0.29) is 0 Å². The molecule has 2 nitrogen and oxygen atoms in total. The fourth-order valence-electron chi connectivity index (χ4n) is 1.99. The van der Waals surface area contributed by atoms with Crippen LogP contribution in [-0.2, 0) is 6.42 Å². The quantitative estimate of drug-likeness (QED) is 0.560. The van der Waals surface area contributed by atoms with E-state index in [4.69, 9.17) is 5.41 Å². The van der Waals surface area contributed by atoms with Gasteiger partial charge in [-0.05, 0) is 24.5 Å². The number of nitrogens with one attached hydrogen (secondary N) is 1. The molecule has 0 atom stereocenters. The Morgan fingerprint density at radius 1 is 1.43 bits per heavy atom. The third kappa shape index (κ3) is 1.52. The summed E-state index contributed by atoms with van der Waals surface area (Å²) in [7, 11) is 0. The minimum Gasteiger partial charge on any atom is -0.330 e. The molecule has 2 rings (SSSR count). The first-order valence-corrected chi connectivity index (χ1v) is 5.26. The van der Waals surface area contributed by atoms with Gasteiger partial charge in [0.25, 0.3) is 0 Å². The zero-order valence-corrected chi connectivity index (χ0v) is 8.59. The second-order valence-electron chi connectivity index (χ2n) is 3.73. The molecular formula is C12H16N2. The molecule has 0 unspecified atom stereocenters. The lowest BCUT2D eigenvalue weighted by Gasteiger charge is -2.19. The van der Waals surface area contributed by atoms with Crippen LogP contribution in [0.5, 0.6) is 0 Å². The first kappa shape index (κ1) is 9.25. The Labute approximate surface area is 85.1 Å². The highest BCUT2D eigenvalue weighted by atomic mass is 15.2. The second kappa shape index (κ2) is 3.82. The van der Waals surface area contributed by atoms with Gasteiger partial charge in [-0.2, -0.15) is 0 Å². The molecule has 1 heterocycles. The van der Waals surface area contributed by atoms with Gasteiger partial charge < -0.3 is 4.90 Å². The van der Waals surface area contributed by atoms with Gasteiger partial charge in [-0.25, -0.2) is 0 Å². The summed E-state index contributed by atoms with van der Waals surface area (Å²) in [4.78, 5) is 2.14. The van der Waals surface area contributed by atoms with Crippen LogP contribution in [0.2, 0.25) is 0 Å². The second-order valence-corrected chi connectivity index (χ2v) is 3.73. The van der Waals surface area contributed by atoms with Crippen LogP contribution in [0.25, 0.3) is 0 Å². The molecule has 0 radical (unpaired) electrons. The summed E-state index contributed by atoms with van der Waals surface area (Å²) < 4.78 is 0. The molecule has 2 heteroatoms. The maximum atomic E-state index is 7.94. The average Bonchev–Trinajstić information content (AvgIpc) is 2.61. The zero-order chi connectivity index (χ0) is 9.97. The highest BCUT2D eigenvalue weighted by Gasteiger charge is 2.20. The van der Waals surface area contributed by atoms with E-state index in [0.717, 1.165) is 31.6 Å². The summed E-state index contributed by atoms with van der Waals surface area (Å²) in [5.41, 5.74) is 2.62. The van der Waals surface area contributed by atoms with Gasteiger partial charge in [0.05, 0.1) is 0 Å². The van der Waals surface area contributed by atoms with Crippen molar-refractivity contribution in [2.45, 2.75) is 26.2 Å². The minimum absolute atomic E-state index is 0.762. The SMILES string of the molecule is CCCC(=N)N1CCc2ccccc21. The molecule has 1 aromatic carbocycles. The van der Waals surface area contributed by atoms with Crippen molar-refractivity contribution in [1.29, 1.82) is 5.41 Å². The van der Waals surface area contributed by atoms with Gasteiger partial charge in [0, 0.05) is 18.7 Å². The van der Waals surface area contributed by atoms with Crippen LogP contribution in [0.3, 0.4) is 0 Å². The largest absolute Gasteiger partial charge is 0.330 e. The van der Waals surface area contributed by atoms with Gasteiger partial charge in [0.1, 0.15) is 5.84 Å². The third-order valence-corrected chi connectivity index (χ3v) is 2.70. The lowest BCUT2D eigenvalue weighted by molar-refractivity contribution is 0.926. The van der Waals surface area contributed by atoms with Crippen molar-refractivity contribution in [2.75, 3.05) is 11.4 Å². The highest BCUT2D eigenvalue weighted by molar-refractivity contribution is 5.97. The molecule has 1 aliphatic rings. The number of nitrogens with zero attached hydrogens (tertiary/aromatic N) is 1. The summed E-state index contributed by atoms with van der Waals surface area (Å²) in [5, 5.41) is 7.94. The molecule has 1 aromatic rings. The molecule has 1 aliphatic heterocycles. The Morgan fingerprint density at radius 3 is 3.00 bits per heavy atom. The standard InChI is InChI=1S/C12H16N2/c1-2-5-12(13)14-9-8-10-6-3-4-7-11(10)14/h3-4,6-7,13H,2,5,8-9H2,1H3. The zero-order valence-electron chi connectivity index (χ0n) is 8.59. The number of rotatable bonds is 2. The van der Waals surface area contributed by atoms with Crippen molar-refractivity contribution in [3.63, 3.8) is 0 Å². The van der Waals surface area contributed by atoms with Gasteiger partial charge in [-0.3, -0.25) is 5.41 Å². The maximum absolute atomic E-state index is 7.94. The van der Waals surface area contributed by atoms with Crippen molar-refractivity contribution in [3.8, 4) is 0 Å². The van der Waals surface area contributed by atoms with E-state index < -0.39 is 0 Å². The third-order valence-electron chi connectivity index (χ3n) is 2.70. The fourth-order valence-corrected chi connectivity index (χ4v) is 1.99. The number of fused-ring (bicyclic) bond motifs is 1. The van der Waals surface area contributed by atoms with Crippen LogP contribution in [0.15, 0.2) is 24.3 Å². The van der Waals surface area contributed by atoms with Gasteiger partial charge in [0.2, 0.25) is 0 Å². The molecule has 0 bridgehead atoms. The van der Waals surface area contributed by atoms with E-state index in [1.807, 2.05) is 0 Å². The van der Waals surface area contributed by atoms with Crippen molar-refractivity contribution >= 4 is 11.5 Å². The van der Waals surface area contributed by atoms with Crippen LogP contribution in [0, 0.1) is 5.41 Å². The molecular weight excluding hydrogens is 172 g/mol. The molecule has 0 fully saturated rings. The van der Waals surface area contributed by atoms with Gasteiger partial charge in [-0.1, -0.05) is 25.1 Å². The van der Waals surface area contributed by atoms with E-state index in [2.05, 4.69) is 36.1 Å². The summed E-state index contributed by atoms with van der Waals surface area (Å²) in [6.45, 7) is 3.11. The Hall–Kier alpha value is -1.31. The number of benzene rings is 1. The summed E-state index contributed by atoms with van der Waals surface area (Å²) in [6, 6.07) is 8.41. The maximum Gasteiger partial charge on any atom is 0.100 e. The van der Waals surface area contributed by atoms with E-state index in [1.165, 1.54) is 11.3 Å². The monoisotopic (exact) mass is 188 g/mol. The molecule has 1 N–H and O–H groups in total. The lowest BCUT2D eigenvalue weighted by atomic mass is 10.2. The highest BCUT2D eigenvalue weighted by Crippen LogP contribution is 2.27. The normalized spacial score (nSPS) is 14.2. The Balaban J connectivity index is 2.21. The van der Waals surface area contributed by atoms with Gasteiger partial charge >= 0.3 is 0 Å². The number of para-hydroxylation sites is 1. The first-order chi connectivity index (χ1) is 6.83. The van der Waals surface area contributed by atoms with Crippen LogP contribution >= 0.6 is 0 Å². The molecule has 0 spiro atoms. The molecule has 0 amide bonds. The van der Waals surface area contributed by atoms with Gasteiger partial charge in [-0.15, -0.1) is 0 Å². The first-order valence-electron chi connectivity index (χ1n) is 5.26. The van der Waals surface area contributed by atoms with Crippen molar-refractivity contribution in [2.24, 2.45) is 0 Å². The smallest absolute Gasteiger partial charge is 0.100 e. The van der Waals surface area contributed by atoms with E-state index in [9.17, 15) is 0 Å². The van der Waals surface area contributed by atoms with E-state index >= 15 is 0 Å². The summed E-state index contributed by atoms with van der Waals surface area (Å²) in [6.07, 6.45) is 3.02. The van der Waals surface area contributed by atoms with Crippen molar-refractivity contribution in [3.05, 3.63) is 29.8 Å². The van der Waals surface area contributed by atoms with Crippen molar-refractivity contribution < 1.29 is 0 Å². The molecule has 0 saturated carbocycles. The Bertz CT molecular complexity index is 344. The average molecular weight is 188 g/mol. The Morgan fingerprint density at radius 2 is 2.21 bits per heavy atom. The molecule has 0 saturated heterocycles. The molecule has 14 heavy (non-hydrogen) atoms. The predicted molar refractivity (Wildman–Crippen MR) is 60.1 cm³/mol. The molecule has 0 aromatic heterocycles. The minimum atomic E-state index is 0.762. The summed E-state index contributed by atoms with van der Waals surface area (Å²) >= 11 is 0. The number of amidine groups is 1.